The van der Waals surface area contributed by atoms with Crippen molar-refractivity contribution in [1.82, 2.24) is 42.5 Å². The summed E-state index contributed by atoms with van der Waals surface area (Å²) in [5.41, 5.74) is 22.5. The number of primary amides is 1. The van der Waals surface area contributed by atoms with E-state index in [0.717, 1.165) is 12.6 Å². The van der Waals surface area contributed by atoms with E-state index in [4.69, 9.17) is 33.5 Å². The Balaban J connectivity index is 3.40. The number of para-hydroxylation sites is 2. The number of benzene rings is 1. The van der Waals surface area contributed by atoms with Crippen molar-refractivity contribution >= 4 is 76.3 Å². The predicted octanol–water partition coefficient (Wildman–Crippen LogP) is -6.54. The Labute approximate surface area is 452 Å². The third-order valence-electron chi connectivity index (χ3n) is 12.5. The molecule has 0 unspecified atom stereocenters. The molecule has 12 atom stereocenters. The number of Topliss-reactive ketones (excluding diaryl/α,β-unsaturated/α-hetero) is 1. The van der Waals surface area contributed by atoms with Crippen molar-refractivity contribution < 1.29 is 73.5 Å². The zero-order valence-electron chi connectivity index (χ0n) is 45.5. The van der Waals surface area contributed by atoms with Gasteiger partial charge in [0, 0.05) is 27.2 Å². The fourth-order valence-corrected chi connectivity index (χ4v) is 7.64. The largest absolute Gasteiger partial charge is 0.480 e. The lowest BCUT2D eigenvalue weighted by Crippen LogP contribution is -2.63. The zero-order valence-corrected chi connectivity index (χ0v) is 45.5. The average molecular weight is 1110 g/mol. The van der Waals surface area contributed by atoms with Crippen molar-refractivity contribution in [3.63, 3.8) is 0 Å². The van der Waals surface area contributed by atoms with Gasteiger partial charge in [-0.25, -0.2) is 4.79 Å². The summed E-state index contributed by atoms with van der Waals surface area (Å²) in [4.78, 5) is 134. The van der Waals surface area contributed by atoms with Crippen LogP contribution in [0.3, 0.4) is 0 Å². The summed E-state index contributed by atoms with van der Waals surface area (Å²) < 4.78 is 0. The highest BCUT2D eigenvalue weighted by Crippen LogP contribution is 2.29. The smallest absolute Gasteiger partial charge is 0.328 e. The third-order valence-corrected chi connectivity index (χ3v) is 12.5. The molecule has 1 rings (SSSR count). The second-order valence-corrected chi connectivity index (χ2v) is 19.9. The van der Waals surface area contributed by atoms with Crippen LogP contribution < -0.4 is 75.7 Å². The van der Waals surface area contributed by atoms with E-state index in [1.165, 1.54) is 13.8 Å². The molecular formula is C48H83N15O15. The van der Waals surface area contributed by atoms with Crippen molar-refractivity contribution in [2.75, 3.05) is 50.6 Å². The minimum Gasteiger partial charge on any atom is -0.480 e. The van der Waals surface area contributed by atoms with Crippen LogP contribution >= 0.6 is 0 Å². The molecule has 0 saturated heterocycles. The molecule has 30 heteroatoms. The van der Waals surface area contributed by atoms with Crippen LogP contribution in [0.25, 0.3) is 0 Å². The molecule has 0 spiro atoms. The van der Waals surface area contributed by atoms with E-state index in [-0.39, 0.29) is 50.7 Å². The van der Waals surface area contributed by atoms with Gasteiger partial charge in [-0.2, -0.15) is 0 Å². The molecule has 0 saturated carbocycles. The van der Waals surface area contributed by atoms with Crippen LogP contribution in [0, 0.1) is 22.7 Å². The van der Waals surface area contributed by atoms with Gasteiger partial charge >= 0.3 is 5.97 Å². The van der Waals surface area contributed by atoms with Crippen molar-refractivity contribution in [2.45, 2.75) is 141 Å². The fourth-order valence-electron chi connectivity index (χ4n) is 7.64. The first kappa shape index (κ1) is 68.8. The van der Waals surface area contributed by atoms with Gasteiger partial charge in [0.1, 0.15) is 42.3 Å². The fraction of sp³-hybridized carbons (Fsp3) is 0.646. The maximum absolute atomic E-state index is 14.2. The number of guanidine groups is 1. The first-order chi connectivity index (χ1) is 36.3. The Hall–Kier alpha value is -7.25. The summed E-state index contributed by atoms with van der Waals surface area (Å²) >= 11 is 0. The van der Waals surface area contributed by atoms with Crippen LogP contribution in [0.2, 0.25) is 0 Å². The average Bonchev–Trinajstić information content (AvgIpc) is 3.37. The van der Waals surface area contributed by atoms with Gasteiger partial charge in [0.25, 0.3) is 0 Å². The van der Waals surface area contributed by atoms with Crippen molar-refractivity contribution in [3.8, 4) is 0 Å². The number of aliphatic hydroxyl groups is 4. The number of aliphatic carboxylic acids is 1. The van der Waals surface area contributed by atoms with E-state index in [1.54, 1.807) is 45.1 Å². The van der Waals surface area contributed by atoms with Crippen LogP contribution in [0.4, 0.5) is 11.4 Å². The highest BCUT2D eigenvalue weighted by atomic mass is 16.4. The Bertz CT molecular complexity index is 2250. The molecule has 23 N–H and O–H groups in total. The molecule has 0 radical (unpaired) electrons. The highest BCUT2D eigenvalue weighted by molar-refractivity contribution is 5.99. The summed E-state index contributed by atoms with van der Waals surface area (Å²) in [7, 11) is 3.63. The van der Waals surface area contributed by atoms with Gasteiger partial charge in [-0.1, -0.05) is 60.1 Å². The number of rotatable bonds is 35. The Morgan fingerprint density at radius 2 is 1.27 bits per heavy atom. The third kappa shape index (κ3) is 21.3. The normalized spacial score (nSPS) is 16.0. The van der Waals surface area contributed by atoms with Gasteiger partial charge < -0.3 is 101 Å². The van der Waals surface area contributed by atoms with Crippen molar-refractivity contribution in [3.05, 3.63) is 24.3 Å². The predicted molar refractivity (Wildman–Crippen MR) is 284 cm³/mol. The Kier molecular flexibility index (Phi) is 28.6. The van der Waals surface area contributed by atoms with Gasteiger partial charge in [-0.15, -0.1) is 0 Å². The van der Waals surface area contributed by atoms with Crippen molar-refractivity contribution in [1.29, 1.82) is 5.41 Å². The number of nitrogens with two attached hydrogens (primary N) is 4. The van der Waals surface area contributed by atoms with E-state index in [0.29, 0.717) is 5.69 Å². The van der Waals surface area contributed by atoms with E-state index in [9.17, 15) is 68.4 Å². The first-order valence-electron chi connectivity index (χ1n) is 25.1. The van der Waals surface area contributed by atoms with Crippen LogP contribution in [-0.4, -0.2) is 197 Å². The number of aliphatic hydroxyl groups excluding tert-OH is 4. The van der Waals surface area contributed by atoms with E-state index in [2.05, 4.69) is 37.2 Å². The molecule has 0 aliphatic carbocycles. The minimum atomic E-state index is -2.42. The van der Waals surface area contributed by atoms with Gasteiger partial charge in [0.2, 0.25) is 47.3 Å². The molecule has 0 aliphatic heterocycles. The quantitative estimate of drug-likeness (QED) is 0.0171. The van der Waals surface area contributed by atoms with Gasteiger partial charge in [0.15, 0.2) is 17.8 Å². The van der Waals surface area contributed by atoms with Gasteiger partial charge in [-0.3, -0.25) is 48.6 Å². The lowest BCUT2D eigenvalue weighted by molar-refractivity contribution is -0.145. The summed E-state index contributed by atoms with van der Waals surface area (Å²) in [6.45, 7) is 8.37. The first-order valence-corrected chi connectivity index (χ1v) is 25.1. The molecular weight excluding hydrogens is 1030 g/mol. The standard InChI is InChI=1S/C48H83N15O15/c1-10-23(4)33(44(75)62-34(24(5)65)43(74)55-20-31(66)60-35(36(67)39(51)70)45(76)59-29(21-64)46(77)78)61-40(71)26(15-13-17-54-47(52)53)57-41(72)27(18-22(2)3)58-42(73)32(50)38(69)48(6,7)37(68)28(19-49)56-25-14-11-12-16-30(25)63(8)9/h11-12,14,16,22-24,26-29,32-36,38,56,64-65,67,69H,10,13,15,17-21,49-50H2,1-9H3,(H2,51,70)(H,55,74)(H,57,72)(H,58,73)(H,59,76)(H,60,66)(H,61,71)(H,62,75)(H,77,78)(H4,52,53,54)/t23-,24-,26+,27-,28-,29-,32-,33-,34-,35-,36-,38-/m0/s1. The number of nitrogens with zero attached hydrogens (tertiary/aromatic N) is 1. The van der Waals surface area contributed by atoms with Crippen LogP contribution in [0.5, 0.6) is 0 Å². The molecule has 78 heavy (non-hydrogen) atoms. The molecule has 0 bridgehead atoms. The van der Waals surface area contributed by atoms with E-state index >= 15 is 0 Å². The number of ketones is 1. The molecule has 0 aliphatic rings. The number of nitrogens with one attached hydrogen (secondary N) is 10. The molecule has 0 heterocycles. The number of amides is 8. The van der Waals surface area contributed by atoms with Crippen LogP contribution in [-0.2, 0) is 47.9 Å². The van der Waals surface area contributed by atoms with Gasteiger partial charge in [0.05, 0.1) is 48.2 Å². The molecule has 0 aromatic heterocycles. The Morgan fingerprint density at radius 1 is 0.718 bits per heavy atom. The minimum absolute atomic E-state index is 0.0150. The lowest BCUT2D eigenvalue weighted by atomic mass is 9.76. The molecule has 440 valence electrons. The lowest BCUT2D eigenvalue weighted by Gasteiger charge is -2.36. The molecule has 30 nitrogen and oxygen atoms in total. The summed E-state index contributed by atoms with van der Waals surface area (Å²) in [5.74, 6) is -12.9. The summed E-state index contributed by atoms with van der Waals surface area (Å²) in [6, 6.07) is -5.88. The summed E-state index contributed by atoms with van der Waals surface area (Å²) in [6.07, 6.45) is -5.70. The number of carbonyl (C=O) groups is 10. The SMILES string of the molecule is CC[C@H](C)[C@H](NC(=O)[C@@H](CCCNC(=N)N)NC(=O)[C@H](CC(C)C)NC(=O)[C@@H](N)[C@H](O)C(C)(C)C(=O)[C@H](CN)Nc1ccccc1N(C)C)C(=O)N[C@H](C(=O)NCC(=O)N[C@H](C(=O)N[C@@H](CO)C(=O)O)[C@H](O)C(N)=O)[C@H](C)O. The number of hydrogen-bond acceptors (Lipinski definition) is 19. The van der Waals surface area contributed by atoms with Crippen LogP contribution in [0.15, 0.2) is 24.3 Å². The number of carbonyl (C=O) groups excluding carboxylic acids is 9. The van der Waals surface area contributed by atoms with Crippen molar-refractivity contribution in [2.24, 2.45) is 40.2 Å². The van der Waals surface area contributed by atoms with E-state index < -0.39 is 150 Å². The number of hydrogen-bond donors (Lipinski definition) is 19. The topological polar surface area (TPSA) is 511 Å². The van der Waals surface area contributed by atoms with Gasteiger partial charge in [-0.05, 0) is 50.2 Å². The monoisotopic (exact) mass is 1110 g/mol. The second-order valence-electron chi connectivity index (χ2n) is 19.9. The molecule has 1 aromatic rings. The Morgan fingerprint density at radius 3 is 1.78 bits per heavy atom. The van der Waals surface area contributed by atoms with E-state index in [1.807, 2.05) is 36.4 Å². The highest BCUT2D eigenvalue weighted by Gasteiger charge is 2.45. The second kappa shape index (κ2) is 32.5. The number of anilines is 2. The summed E-state index contributed by atoms with van der Waals surface area (Å²) in [5, 5.41) is 79.8. The molecule has 1 aromatic carbocycles. The number of carboxylic acid groups (broad SMARTS) is 1. The zero-order chi connectivity index (χ0) is 59.9. The van der Waals surface area contributed by atoms with Crippen LogP contribution in [0.1, 0.15) is 74.1 Å². The molecule has 8 amide bonds. The molecule has 0 fully saturated rings. The number of carboxylic acids is 1. The maximum atomic E-state index is 14.2. The maximum Gasteiger partial charge on any atom is 0.328 e.